The Morgan fingerprint density at radius 2 is 2.32 bits per heavy atom. The number of nitrogens with zero attached hydrogens (tertiary/aromatic N) is 2. The predicted molar refractivity (Wildman–Crippen MR) is 71.9 cm³/mol. The van der Waals surface area contributed by atoms with Gasteiger partial charge in [-0.05, 0) is 12.5 Å². The van der Waals surface area contributed by atoms with E-state index in [0.717, 1.165) is 12.1 Å². The van der Waals surface area contributed by atoms with Gasteiger partial charge in [0.25, 0.3) is 5.56 Å². The molecule has 0 aliphatic heterocycles. The summed E-state index contributed by atoms with van der Waals surface area (Å²) in [7, 11) is 0. The maximum absolute atomic E-state index is 11.7. The van der Waals surface area contributed by atoms with Crippen LogP contribution in [0.4, 0.5) is 5.82 Å². The first-order valence-electron chi connectivity index (χ1n) is 6.18. The number of hydrogen-bond donors (Lipinski definition) is 2. The first-order chi connectivity index (χ1) is 9.19. The summed E-state index contributed by atoms with van der Waals surface area (Å²) in [6, 6.07) is 6.71. The normalized spacial score (nSPS) is 10.4. The smallest absolute Gasteiger partial charge is 0.250 e. The summed E-state index contributed by atoms with van der Waals surface area (Å²) >= 11 is 0. The molecular formula is C13H16N4O2. The SMILES string of the molecule is CCc1cc(NC(=O)CCn2ccccc2=O)n[nH]1. The van der Waals surface area contributed by atoms with Gasteiger partial charge in [0, 0.05) is 37.0 Å². The third kappa shape index (κ3) is 3.54. The Labute approximate surface area is 110 Å². The lowest BCUT2D eigenvalue weighted by atomic mass is 10.3. The highest BCUT2D eigenvalue weighted by atomic mass is 16.2. The molecule has 0 aliphatic rings. The van der Waals surface area contributed by atoms with Gasteiger partial charge in [0.05, 0.1) is 0 Å². The van der Waals surface area contributed by atoms with Crippen LogP contribution < -0.4 is 10.9 Å². The summed E-state index contributed by atoms with van der Waals surface area (Å²) in [4.78, 5) is 23.2. The van der Waals surface area contributed by atoms with Crippen molar-refractivity contribution in [2.24, 2.45) is 0 Å². The average molecular weight is 260 g/mol. The Morgan fingerprint density at radius 1 is 1.47 bits per heavy atom. The minimum absolute atomic E-state index is 0.108. The van der Waals surface area contributed by atoms with Crippen LogP contribution in [-0.2, 0) is 17.8 Å². The van der Waals surface area contributed by atoms with Gasteiger partial charge in [0.15, 0.2) is 5.82 Å². The highest BCUT2D eigenvalue weighted by molar-refractivity contribution is 5.89. The Kier molecular flexibility index (Phi) is 4.12. The molecule has 2 heterocycles. The minimum Gasteiger partial charge on any atom is -0.315 e. The van der Waals surface area contributed by atoms with E-state index in [2.05, 4.69) is 15.5 Å². The zero-order valence-electron chi connectivity index (χ0n) is 10.7. The second-order valence-electron chi connectivity index (χ2n) is 4.16. The topological polar surface area (TPSA) is 79.8 Å². The van der Waals surface area contributed by atoms with Crippen molar-refractivity contribution in [2.75, 3.05) is 5.32 Å². The van der Waals surface area contributed by atoms with E-state index in [1.54, 1.807) is 24.4 Å². The summed E-state index contributed by atoms with van der Waals surface area (Å²) in [5.41, 5.74) is 0.859. The molecule has 2 aromatic rings. The first-order valence-corrected chi connectivity index (χ1v) is 6.18. The van der Waals surface area contributed by atoms with Gasteiger partial charge in [-0.1, -0.05) is 13.0 Å². The molecule has 2 rings (SSSR count). The van der Waals surface area contributed by atoms with E-state index < -0.39 is 0 Å². The number of anilines is 1. The number of rotatable bonds is 5. The summed E-state index contributed by atoms with van der Waals surface area (Å²) in [5.74, 6) is 0.354. The number of nitrogens with one attached hydrogen (secondary N) is 2. The predicted octanol–water partition coefficient (Wildman–Crippen LogP) is 1.16. The van der Waals surface area contributed by atoms with E-state index in [-0.39, 0.29) is 17.9 Å². The van der Waals surface area contributed by atoms with Gasteiger partial charge in [0.1, 0.15) is 0 Å². The number of aryl methyl sites for hydroxylation is 2. The molecule has 0 aromatic carbocycles. The van der Waals surface area contributed by atoms with Crippen LogP contribution in [0.3, 0.4) is 0 Å². The molecule has 0 aliphatic carbocycles. The lowest BCUT2D eigenvalue weighted by molar-refractivity contribution is -0.116. The van der Waals surface area contributed by atoms with Crippen molar-refractivity contribution in [3.63, 3.8) is 0 Å². The quantitative estimate of drug-likeness (QED) is 0.846. The fourth-order valence-electron chi connectivity index (χ4n) is 1.68. The van der Waals surface area contributed by atoms with E-state index in [0.29, 0.717) is 12.4 Å². The molecule has 0 saturated heterocycles. The van der Waals surface area contributed by atoms with Crippen LogP contribution in [0.2, 0.25) is 0 Å². The van der Waals surface area contributed by atoms with Crippen molar-refractivity contribution >= 4 is 11.7 Å². The highest BCUT2D eigenvalue weighted by Gasteiger charge is 2.06. The maximum Gasteiger partial charge on any atom is 0.250 e. The second-order valence-corrected chi connectivity index (χ2v) is 4.16. The van der Waals surface area contributed by atoms with Crippen molar-refractivity contribution in [3.05, 3.63) is 46.5 Å². The molecule has 19 heavy (non-hydrogen) atoms. The van der Waals surface area contributed by atoms with E-state index in [1.807, 2.05) is 6.92 Å². The highest BCUT2D eigenvalue weighted by Crippen LogP contribution is 2.06. The fourth-order valence-corrected chi connectivity index (χ4v) is 1.68. The largest absolute Gasteiger partial charge is 0.315 e. The Bertz CT molecular complexity index is 615. The van der Waals surface area contributed by atoms with E-state index in [4.69, 9.17) is 0 Å². The number of carbonyl (C=O) groups is 1. The van der Waals surface area contributed by atoms with E-state index >= 15 is 0 Å². The number of pyridine rings is 1. The minimum atomic E-state index is -0.162. The van der Waals surface area contributed by atoms with Crippen LogP contribution in [0.5, 0.6) is 0 Å². The molecular weight excluding hydrogens is 244 g/mol. The summed E-state index contributed by atoms with van der Waals surface area (Å²) < 4.78 is 1.50. The first kappa shape index (κ1) is 13.1. The molecule has 2 N–H and O–H groups in total. The summed E-state index contributed by atoms with van der Waals surface area (Å²) in [6.45, 7) is 2.36. The van der Waals surface area contributed by atoms with Gasteiger partial charge in [-0.3, -0.25) is 14.7 Å². The molecule has 0 spiro atoms. The third-order valence-electron chi connectivity index (χ3n) is 2.76. The Hall–Kier alpha value is -2.37. The number of hydrogen-bond acceptors (Lipinski definition) is 3. The molecule has 6 heteroatoms. The van der Waals surface area contributed by atoms with E-state index in [1.165, 1.54) is 10.6 Å². The molecule has 2 aromatic heterocycles. The van der Waals surface area contributed by atoms with Gasteiger partial charge in [-0.25, -0.2) is 0 Å². The van der Waals surface area contributed by atoms with Crippen molar-refractivity contribution in [2.45, 2.75) is 26.3 Å². The van der Waals surface area contributed by atoms with Gasteiger partial charge >= 0.3 is 0 Å². The molecule has 0 bridgehead atoms. The Morgan fingerprint density at radius 3 is 3.00 bits per heavy atom. The zero-order chi connectivity index (χ0) is 13.7. The van der Waals surface area contributed by atoms with Crippen LogP contribution in [0.1, 0.15) is 19.0 Å². The molecule has 0 fully saturated rings. The number of amides is 1. The lowest BCUT2D eigenvalue weighted by Crippen LogP contribution is -2.21. The van der Waals surface area contributed by atoms with Crippen molar-refractivity contribution in [1.29, 1.82) is 0 Å². The van der Waals surface area contributed by atoms with E-state index in [9.17, 15) is 9.59 Å². The number of aromatic nitrogens is 3. The summed E-state index contributed by atoms with van der Waals surface area (Å²) in [6.07, 6.45) is 2.74. The molecule has 0 saturated carbocycles. The van der Waals surface area contributed by atoms with Gasteiger partial charge < -0.3 is 9.88 Å². The number of aromatic amines is 1. The molecule has 1 amide bonds. The number of carbonyl (C=O) groups excluding carboxylic acids is 1. The van der Waals surface area contributed by atoms with Crippen molar-refractivity contribution in [1.82, 2.24) is 14.8 Å². The standard InChI is InChI=1S/C13H16N4O2/c1-2-10-9-11(16-15-10)14-12(18)6-8-17-7-4-3-5-13(17)19/h3-5,7,9H,2,6,8H2,1H3,(H2,14,15,16,18). The molecule has 100 valence electrons. The average Bonchev–Trinajstić information content (AvgIpc) is 2.85. The van der Waals surface area contributed by atoms with Crippen LogP contribution >= 0.6 is 0 Å². The zero-order valence-corrected chi connectivity index (χ0v) is 10.7. The second kappa shape index (κ2) is 5.99. The fraction of sp³-hybridized carbons (Fsp3) is 0.308. The number of H-pyrrole nitrogens is 1. The monoisotopic (exact) mass is 260 g/mol. The summed E-state index contributed by atoms with van der Waals surface area (Å²) in [5, 5.41) is 9.49. The molecule has 0 radical (unpaired) electrons. The van der Waals surface area contributed by atoms with Crippen LogP contribution in [0.15, 0.2) is 35.3 Å². The van der Waals surface area contributed by atoms with Gasteiger partial charge in [0.2, 0.25) is 5.91 Å². The van der Waals surface area contributed by atoms with Crippen LogP contribution in [0, 0.1) is 0 Å². The molecule has 0 atom stereocenters. The van der Waals surface area contributed by atoms with Crippen molar-refractivity contribution in [3.8, 4) is 0 Å². The van der Waals surface area contributed by atoms with Gasteiger partial charge in [-0.2, -0.15) is 5.10 Å². The van der Waals surface area contributed by atoms with Gasteiger partial charge in [-0.15, -0.1) is 0 Å². The van der Waals surface area contributed by atoms with Crippen LogP contribution in [0.25, 0.3) is 0 Å². The maximum atomic E-state index is 11.7. The lowest BCUT2D eigenvalue weighted by Gasteiger charge is -2.04. The van der Waals surface area contributed by atoms with Crippen molar-refractivity contribution < 1.29 is 4.79 Å². The third-order valence-corrected chi connectivity index (χ3v) is 2.76. The molecule has 0 unspecified atom stereocenters. The Balaban J connectivity index is 1.88. The molecule has 6 nitrogen and oxygen atoms in total. The van der Waals surface area contributed by atoms with Crippen LogP contribution in [-0.4, -0.2) is 20.7 Å².